The predicted octanol–water partition coefficient (Wildman–Crippen LogP) is 3.47. The summed E-state index contributed by atoms with van der Waals surface area (Å²) in [5, 5.41) is 7.75. The van der Waals surface area contributed by atoms with Crippen LogP contribution in [0.25, 0.3) is 0 Å². The first-order valence-electron chi connectivity index (χ1n) is 8.84. The molecular weight excluding hydrogens is 389 g/mol. The third kappa shape index (κ3) is 3.96. The van der Waals surface area contributed by atoms with E-state index in [1.54, 1.807) is 11.1 Å². The van der Waals surface area contributed by atoms with Gasteiger partial charge in [0, 0.05) is 18.2 Å². The quantitative estimate of drug-likeness (QED) is 0.725. The van der Waals surface area contributed by atoms with Crippen molar-refractivity contribution in [3.63, 3.8) is 0 Å². The van der Waals surface area contributed by atoms with Crippen LogP contribution in [0.2, 0.25) is 0 Å². The predicted molar refractivity (Wildman–Crippen MR) is 101 cm³/mol. The van der Waals surface area contributed by atoms with Gasteiger partial charge in [-0.25, -0.2) is 15.2 Å². The normalized spacial score (nSPS) is 24.8. The van der Waals surface area contributed by atoms with Crippen LogP contribution in [-0.4, -0.2) is 29.2 Å². The van der Waals surface area contributed by atoms with E-state index in [2.05, 4.69) is 16.1 Å². The second-order valence-electron chi connectivity index (χ2n) is 6.70. The van der Waals surface area contributed by atoms with E-state index in [4.69, 9.17) is 0 Å². The number of hydrazine groups is 1. The van der Waals surface area contributed by atoms with Gasteiger partial charge in [0.2, 0.25) is 0 Å². The molecule has 2 heterocycles. The molecule has 148 valence electrons. The smallest absolute Gasteiger partial charge is 0.312 e. The number of hydrogen-bond donors (Lipinski definition) is 3. The highest BCUT2D eigenvalue weighted by atomic mass is 32.2. The molecule has 0 radical (unpaired) electrons. The van der Waals surface area contributed by atoms with E-state index in [1.165, 1.54) is 17.8 Å². The minimum absolute atomic E-state index is 0.0870. The zero-order chi connectivity index (χ0) is 19.7. The van der Waals surface area contributed by atoms with Crippen LogP contribution < -0.4 is 16.1 Å². The highest BCUT2D eigenvalue weighted by Gasteiger charge is 2.43. The van der Waals surface area contributed by atoms with Crippen molar-refractivity contribution in [1.29, 1.82) is 0 Å². The Morgan fingerprint density at radius 1 is 1.11 bits per heavy atom. The van der Waals surface area contributed by atoms with Crippen LogP contribution >= 0.6 is 11.8 Å². The topological polar surface area (TPSA) is 56.4 Å². The van der Waals surface area contributed by atoms with Gasteiger partial charge >= 0.3 is 12.2 Å². The molecule has 2 fully saturated rings. The summed E-state index contributed by atoms with van der Waals surface area (Å²) in [7, 11) is 0. The van der Waals surface area contributed by atoms with Gasteiger partial charge in [-0.1, -0.05) is 48.5 Å². The second-order valence-corrected chi connectivity index (χ2v) is 7.79. The minimum atomic E-state index is -4.36. The summed E-state index contributed by atoms with van der Waals surface area (Å²) in [5.74, 6) is 0.432. The molecule has 2 saturated heterocycles. The lowest BCUT2D eigenvalue weighted by molar-refractivity contribution is -0.137. The molecule has 0 bridgehead atoms. The molecule has 2 aromatic carbocycles. The molecule has 5 nitrogen and oxygen atoms in total. The van der Waals surface area contributed by atoms with E-state index in [-0.39, 0.29) is 18.1 Å². The van der Waals surface area contributed by atoms with Crippen LogP contribution in [0.1, 0.15) is 22.6 Å². The molecule has 2 aromatic rings. The van der Waals surface area contributed by atoms with Gasteiger partial charge in [-0.15, -0.1) is 11.8 Å². The molecule has 0 saturated carbocycles. The second kappa shape index (κ2) is 7.65. The Morgan fingerprint density at radius 3 is 2.64 bits per heavy atom. The molecule has 9 heteroatoms. The van der Waals surface area contributed by atoms with Gasteiger partial charge in [-0.3, -0.25) is 5.32 Å². The van der Waals surface area contributed by atoms with Crippen LogP contribution in [0.15, 0.2) is 54.6 Å². The largest absolute Gasteiger partial charge is 0.416 e. The maximum Gasteiger partial charge on any atom is 0.416 e. The fraction of sp³-hybridized carbons (Fsp3) is 0.316. The highest BCUT2D eigenvalue weighted by Crippen LogP contribution is 2.32. The molecule has 3 atom stereocenters. The molecule has 0 aromatic heterocycles. The van der Waals surface area contributed by atoms with Gasteiger partial charge in [0.15, 0.2) is 0 Å². The molecule has 28 heavy (non-hydrogen) atoms. The van der Waals surface area contributed by atoms with Crippen molar-refractivity contribution in [2.24, 2.45) is 0 Å². The number of carbonyl (C=O) groups is 1. The average Bonchev–Trinajstić information content (AvgIpc) is 3.11. The van der Waals surface area contributed by atoms with Crippen LogP contribution in [0.5, 0.6) is 0 Å². The fourth-order valence-electron chi connectivity index (χ4n) is 3.46. The number of halogens is 3. The van der Waals surface area contributed by atoms with Crippen molar-refractivity contribution in [3.8, 4) is 0 Å². The van der Waals surface area contributed by atoms with Crippen molar-refractivity contribution >= 4 is 17.8 Å². The lowest BCUT2D eigenvalue weighted by atomic mass is 9.97. The van der Waals surface area contributed by atoms with Crippen molar-refractivity contribution in [1.82, 2.24) is 21.1 Å². The zero-order valence-corrected chi connectivity index (χ0v) is 15.6. The first-order chi connectivity index (χ1) is 13.4. The average molecular weight is 408 g/mol. The lowest BCUT2D eigenvalue weighted by Crippen LogP contribution is -2.65. The van der Waals surface area contributed by atoms with Crippen molar-refractivity contribution in [2.45, 2.75) is 29.5 Å². The molecule has 0 spiro atoms. The highest BCUT2D eigenvalue weighted by molar-refractivity contribution is 7.99. The number of benzene rings is 2. The Balaban J connectivity index is 1.43. The van der Waals surface area contributed by atoms with E-state index in [0.717, 1.165) is 17.7 Å². The molecule has 2 amide bonds. The Morgan fingerprint density at radius 2 is 1.89 bits per heavy atom. The Labute approximate surface area is 164 Å². The van der Waals surface area contributed by atoms with Crippen molar-refractivity contribution in [2.75, 3.05) is 6.54 Å². The molecular formula is C19H19F3N4OS. The summed E-state index contributed by atoms with van der Waals surface area (Å²) in [6.45, 7) is 0.625. The summed E-state index contributed by atoms with van der Waals surface area (Å²) >= 11 is 1.35. The summed E-state index contributed by atoms with van der Waals surface area (Å²) in [6.07, 6.45) is -4.59. The number of urea groups is 1. The minimum Gasteiger partial charge on any atom is -0.312 e. The Hall–Kier alpha value is -2.23. The van der Waals surface area contributed by atoms with Gasteiger partial charge in [0.05, 0.1) is 5.56 Å². The van der Waals surface area contributed by atoms with Gasteiger partial charge < -0.3 is 5.32 Å². The van der Waals surface area contributed by atoms with E-state index >= 15 is 0 Å². The number of alkyl halides is 3. The van der Waals surface area contributed by atoms with Gasteiger partial charge in [0.1, 0.15) is 11.7 Å². The number of fused-ring (bicyclic) bond motifs is 1. The van der Waals surface area contributed by atoms with Crippen LogP contribution in [0.3, 0.4) is 0 Å². The third-order valence-electron chi connectivity index (χ3n) is 4.84. The SMILES string of the molecule is O=C1NC(SCc2cccc(C(F)(F)F)c2)NC2C(c3ccccc3)CNN12. The van der Waals surface area contributed by atoms with Crippen LogP contribution in [0, 0.1) is 0 Å². The standard InChI is InChI=1S/C19H19F3N4OS/c20-19(21,22)14-8-4-5-12(9-14)11-28-17-24-16-15(13-6-2-1-3-7-13)10-23-26(16)18(27)25-17/h1-9,15-17,23-24H,10-11H2,(H,25,27). The number of nitrogens with one attached hydrogen (secondary N) is 3. The Kier molecular flexibility index (Phi) is 5.22. The summed E-state index contributed by atoms with van der Waals surface area (Å²) in [4.78, 5) is 12.4. The molecule has 2 aliphatic rings. The maximum absolute atomic E-state index is 12.9. The monoisotopic (exact) mass is 408 g/mol. The molecule has 3 unspecified atom stereocenters. The van der Waals surface area contributed by atoms with Crippen LogP contribution in [-0.2, 0) is 11.9 Å². The van der Waals surface area contributed by atoms with Gasteiger partial charge in [-0.2, -0.15) is 13.2 Å². The molecule has 2 aliphatic heterocycles. The first-order valence-corrected chi connectivity index (χ1v) is 9.89. The van der Waals surface area contributed by atoms with E-state index in [1.807, 2.05) is 30.3 Å². The summed E-state index contributed by atoms with van der Waals surface area (Å²) in [6, 6.07) is 14.9. The third-order valence-corrected chi connectivity index (χ3v) is 5.92. The fourth-order valence-corrected chi connectivity index (χ4v) is 4.42. The molecule has 4 rings (SSSR count). The van der Waals surface area contributed by atoms with Crippen molar-refractivity contribution < 1.29 is 18.0 Å². The number of hydrogen-bond acceptors (Lipinski definition) is 4. The number of nitrogens with zero attached hydrogens (tertiary/aromatic N) is 1. The van der Waals surface area contributed by atoms with Crippen LogP contribution in [0.4, 0.5) is 18.0 Å². The number of amides is 2. The van der Waals surface area contributed by atoms with Crippen molar-refractivity contribution in [3.05, 3.63) is 71.3 Å². The van der Waals surface area contributed by atoms with E-state index in [0.29, 0.717) is 17.9 Å². The number of rotatable bonds is 4. The first kappa shape index (κ1) is 19.1. The molecule has 0 aliphatic carbocycles. The molecule has 3 N–H and O–H groups in total. The lowest BCUT2D eigenvalue weighted by Gasteiger charge is -2.37. The van der Waals surface area contributed by atoms with Gasteiger partial charge in [-0.05, 0) is 17.2 Å². The number of carbonyl (C=O) groups excluding carboxylic acids is 1. The summed E-state index contributed by atoms with van der Waals surface area (Å²) in [5.41, 5.74) is 3.72. The maximum atomic E-state index is 12.9. The Bertz CT molecular complexity index is 849. The van der Waals surface area contributed by atoms with E-state index < -0.39 is 17.2 Å². The number of thioether (sulfide) groups is 1. The summed E-state index contributed by atoms with van der Waals surface area (Å²) < 4.78 is 38.6. The zero-order valence-electron chi connectivity index (χ0n) is 14.7. The van der Waals surface area contributed by atoms with Gasteiger partial charge in [0.25, 0.3) is 0 Å². The van der Waals surface area contributed by atoms with E-state index in [9.17, 15) is 18.0 Å².